The molecule has 1 amide bonds. The number of carbonyl (C=O) groups excluding carboxylic acids is 1. The van der Waals surface area contributed by atoms with E-state index in [-0.39, 0.29) is 52.8 Å². The second-order valence-electron chi connectivity index (χ2n) is 8.57. The van der Waals surface area contributed by atoms with Crippen LogP contribution in [0.15, 0.2) is 40.6 Å². The summed E-state index contributed by atoms with van der Waals surface area (Å²) in [5.41, 5.74) is -2.33. The maximum Gasteiger partial charge on any atom is 0.447 e. The number of alkyl halides is 4. The molecule has 0 unspecified atom stereocenters. The lowest BCUT2D eigenvalue weighted by Crippen LogP contribution is -2.39. The van der Waals surface area contributed by atoms with Gasteiger partial charge in [0.2, 0.25) is 0 Å². The fourth-order valence-electron chi connectivity index (χ4n) is 3.87. The van der Waals surface area contributed by atoms with Crippen molar-refractivity contribution in [3.63, 3.8) is 0 Å². The average Bonchev–Trinajstić information content (AvgIpc) is 3.20. The van der Waals surface area contributed by atoms with E-state index in [1.165, 1.54) is 23.8 Å². The third-order valence-corrected chi connectivity index (χ3v) is 6.61. The smallest absolute Gasteiger partial charge is 0.373 e. The van der Waals surface area contributed by atoms with Crippen LogP contribution in [-0.4, -0.2) is 76.3 Å². The summed E-state index contributed by atoms with van der Waals surface area (Å²) in [6, 6.07) is 4.76. The third-order valence-electron chi connectivity index (χ3n) is 5.80. The quantitative estimate of drug-likeness (QED) is 0.283. The molecule has 1 saturated heterocycles. The number of hydrogen-bond acceptors (Lipinski definition) is 7. The molecule has 1 fully saturated rings. The largest absolute Gasteiger partial charge is 0.447 e. The first kappa shape index (κ1) is 27.4. The van der Waals surface area contributed by atoms with Gasteiger partial charge in [0.1, 0.15) is 16.4 Å². The molecule has 2 N–H and O–H groups in total. The molecule has 4 heterocycles. The summed E-state index contributed by atoms with van der Waals surface area (Å²) in [7, 11) is 3.32. The Balaban J connectivity index is 1.65. The number of rotatable bonds is 5. The fourth-order valence-corrected chi connectivity index (χ4v) is 4.53. The van der Waals surface area contributed by atoms with Crippen molar-refractivity contribution in [1.82, 2.24) is 24.6 Å². The van der Waals surface area contributed by atoms with Crippen LogP contribution in [0.4, 0.5) is 28.9 Å². The number of nitrogens with one attached hydrogen (secondary N) is 2. The van der Waals surface area contributed by atoms with Crippen molar-refractivity contribution < 1.29 is 22.4 Å². The molecule has 0 aromatic carbocycles. The Morgan fingerprint density at radius 3 is 2.87 bits per heavy atom. The van der Waals surface area contributed by atoms with E-state index in [0.717, 1.165) is 0 Å². The molecule has 1 atom stereocenters. The van der Waals surface area contributed by atoms with E-state index < -0.39 is 11.7 Å². The SMILES string of the molecule is CNC(=O)c1cnc(C)c(NCC#Cc2nc3c(N=C4CCN(C)C[C@@H]4F)cccn3c2SC(F)(F)F)c1. The van der Waals surface area contributed by atoms with Gasteiger partial charge in [-0.05, 0) is 38.1 Å². The Bertz CT molecular complexity index is 1440. The van der Waals surface area contributed by atoms with Crippen LogP contribution >= 0.6 is 11.8 Å². The van der Waals surface area contributed by atoms with Crippen LogP contribution in [0.2, 0.25) is 0 Å². The number of aryl methyl sites for hydroxylation is 1. The predicted molar refractivity (Wildman–Crippen MR) is 139 cm³/mol. The lowest BCUT2D eigenvalue weighted by molar-refractivity contribution is -0.0330. The van der Waals surface area contributed by atoms with E-state index in [9.17, 15) is 22.4 Å². The van der Waals surface area contributed by atoms with Gasteiger partial charge in [-0.15, -0.1) is 0 Å². The first-order valence-electron chi connectivity index (χ1n) is 11.6. The Labute approximate surface area is 220 Å². The highest BCUT2D eigenvalue weighted by Crippen LogP contribution is 2.40. The molecule has 0 radical (unpaired) electrons. The number of pyridine rings is 2. The van der Waals surface area contributed by atoms with E-state index in [2.05, 4.69) is 37.4 Å². The van der Waals surface area contributed by atoms with Crippen LogP contribution in [-0.2, 0) is 0 Å². The van der Waals surface area contributed by atoms with Gasteiger partial charge in [-0.2, -0.15) is 13.2 Å². The van der Waals surface area contributed by atoms with E-state index in [4.69, 9.17) is 0 Å². The number of carbonyl (C=O) groups is 1. The molecule has 8 nitrogen and oxygen atoms in total. The first-order chi connectivity index (χ1) is 18.1. The summed E-state index contributed by atoms with van der Waals surface area (Å²) >= 11 is -0.322. The molecule has 3 aromatic rings. The number of imidazole rings is 1. The highest BCUT2D eigenvalue weighted by atomic mass is 32.2. The maximum absolute atomic E-state index is 14.5. The van der Waals surface area contributed by atoms with E-state index in [0.29, 0.717) is 35.6 Å². The number of amides is 1. The Morgan fingerprint density at radius 1 is 1.37 bits per heavy atom. The van der Waals surface area contributed by atoms with Crippen LogP contribution in [0.5, 0.6) is 0 Å². The molecule has 1 aliphatic heterocycles. The van der Waals surface area contributed by atoms with Gasteiger partial charge in [-0.1, -0.05) is 5.92 Å². The van der Waals surface area contributed by atoms with Crippen LogP contribution in [0.25, 0.3) is 5.65 Å². The Hall–Kier alpha value is -3.63. The summed E-state index contributed by atoms with van der Waals surface area (Å²) in [5, 5.41) is 5.34. The van der Waals surface area contributed by atoms with Crippen LogP contribution in [0, 0.1) is 18.8 Å². The van der Waals surface area contributed by atoms with Gasteiger partial charge < -0.3 is 15.5 Å². The third kappa shape index (κ3) is 6.43. The number of aromatic nitrogens is 3. The van der Waals surface area contributed by atoms with Crippen molar-refractivity contribution >= 4 is 40.4 Å². The highest BCUT2D eigenvalue weighted by molar-refractivity contribution is 8.00. The molecule has 0 saturated carbocycles. The maximum atomic E-state index is 14.5. The van der Waals surface area contributed by atoms with Crippen molar-refractivity contribution in [2.45, 2.75) is 30.1 Å². The van der Waals surface area contributed by atoms with Gasteiger partial charge in [0, 0.05) is 50.7 Å². The van der Waals surface area contributed by atoms with Gasteiger partial charge in [-0.3, -0.25) is 19.2 Å². The summed E-state index contributed by atoms with van der Waals surface area (Å²) < 4.78 is 56.1. The summed E-state index contributed by atoms with van der Waals surface area (Å²) in [5.74, 6) is 5.21. The van der Waals surface area contributed by atoms with Gasteiger partial charge in [0.15, 0.2) is 11.8 Å². The molecule has 4 rings (SSSR count). The second-order valence-corrected chi connectivity index (χ2v) is 9.63. The zero-order valence-electron chi connectivity index (χ0n) is 20.9. The topological polar surface area (TPSA) is 86.9 Å². The first-order valence-corrected chi connectivity index (χ1v) is 12.5. The van der Waals surface area contributed by atoms with Crippen molar-refractivity contribution in [2.75, 3.05) is 39.0 Å². The number of hydrogen-bond donors (Lipinski definition) is 2. The van der Waals surface area contributed by atoms with Gasteiger partial charge >= 0.3 is 5.51 Å². The molecule has 38 heavy (non-hydrogen) atoms. The van der Waals surface area contributed by atoms with Crippen molar-refractivity contribution in [1.29, 1.82) is 0 Å². The fraction of sp³-hybridized carbons (Fsp3) is 0.360. The molecule has 200 valence electrons. The molecule has 13 heteroatoms. The van der Waals surface area contributed by atoms with E-state index in [1.807, 2.05) is 11.9 Å². The molecule has 3 aromatic heterocycles. The molecule has 0 aliphatic carbocycles. The van der Waals surface area contributed by atoms with E-state index >= 15 is 0 Å². The van der Waals surface area contributed by atoms with Gasteiger partial charge in [0.05, 0.1) is 29.2 Å². The zero-order valence-corrected chi connectivity index (χ0v) is 21.7. The van der Waals surface area contributed by atoms with Crippen LogP contribution in [0.1, 0.15) is 28.2 Å². The molecule has 0 bridgehead atoms. The minimum atomic E-state index is -4.58. The van der Waals surface area contributed by atoms with Crippen molar-refractivity contribution in [3.8, 4) is 11.8 Å². The summed E-state index contributed by atoms with van der Waals surface area (Å²) in [6.45, 7) is 2.65. The number of fused-ring (bicyclic) bond motifs is 1. The number of thioether (sulfide) groups is 1. The minimum absolute atomic E-state index is 0.0654. The molecule has 0 spiro atoms. The van der Waals surface area contributed by atoms with Gasteiger partial charge in [0.25, 0.3) is 5.91 Å². The lowest BCUT2D eigenvalue weighted by atomic mass is 10.1. The standard InChI is InChI=1S/C25H25F4N7OS/c1-15-21(12-16(13-32-15)23(37)30-2)31-9-4-6-20-24(38-25(27,28)29)36-10-5-7-19(22(36)34-20)33-18-8-11-35(3)14-17(18)26/h5,7,10,12-13,17,31H,8-9,11,14H2,1-3H3,(H,30,37)/t17-/m0/s1. The number of halogens is 4. The summed E-state index contributed by atoms with van der Waals surface area (Å²) in [4.78, 5) is 26.7. The Morgan fingerprint density at radius 2 is 2.16 bits per heavy atom. The average molecular weight is 548 g/mol. The van der Waals surface area contributed by atoms with Crippen LogP contribution < -0.4 is 10.6 Å². The van der Waals surface area contributed by atoms with Crippen molar-refractivity contribution in [2.24, 2.45) is 4.99 Å². The molecular formula is C25H25F4N7OS. The number of piperidine rings is 1. The normalized spacial score (nSPS) is 17.3. The molecule has 1 aliphatic rings. The van der Waals surface area contributed by atoms with Gasteiger partial charge in [-0.25, -0.2) is 9.37 Å². The van der Waals surface area contributed by atoms with Crippen LogP contribution in [0.3, 0.4) is 0 Å². The van der Waals surface area contributed by atoms with E-state index in [1.54, 1.807) is 25.1 Å². The number of aliphatic imine (C=N–C) groups is 1. The predicted octanol–water partition coefficient (Wildman–Crippen LogP) is 4.22. The number of likely N-dealkylation sites (tertiary alicyclic amines) is 1. The zero-order chi connectivity index (χ0) is 27.4. The number of nitrogens with zero attached hydrogens (tertiary/aromatic N) is 5. The van der Waals surface area contributed by atoms with Crippen molar-refractivity contribution in [3.05, 3.63) is 47.5 Å². The highest BCUT2D eigenvalue weighted by Gasteiger charge is 2.33. The summed E-state index contributed by atoms with van der Waals surface area (Å²) in [6.07, 6.45) is 2.04. The Kier molecular flexibility index (Phi) is 8.23. The minimum Gasteiger partial charge on any atom is -0.373 e. The lowest BCUT2D eigenvalue weighted by Gasteiger charge is -2.26. The number of anilines is 1. The second kappa shape index (κ2) is 11.4. The molecular weight excluding hydrogens is 522 g/mol. The monoisotopic (exact) mass is 547 g/mol.